The second-order valence-corrected chi connectivity index (χ2v) is 5.45. The van der Waals surface area contributed by atoms with Gasteiger partial charge in [-0.25, -0.2) is 13.6 Å². The van der Waals surface area contributed by atoms with Crippen LogP contribution in [0.3, 0.4) is 0 Å². The maximum atomic E-state index is 13.3. The SMILES string of the molecule is CC.CCOCc1cccc(C2CCC(F)(F)CC2)c1C(=O)O. The molecule has 0 radical (unpaired) electrons. The van der Waals surface area contributed by atoms with E-state index in [1.165, 1.54) is 0 Å². The average molecular weight is 328 g/mol. The molecule has 2 rings (SSSR count). The van der Waals surface area contributed by atoms with Crippen LogP contribution in [-0.4, -0.2) is 23.6 Å². The second kappa shape index (κ2) is 8.96. The Hall–Kier alpha value is -1.49. The lowest BCUT2D eigenvalue weighted by atomic mass is 9.79. The topological polar surface area (TPSA) is 46.5 Å². The summed E-state index contributed by atoms with van der Waals surface area (Å²) in [6.45, 7) is 6.57. The standard InChI is InChI=1S/C16H20F2O3.C2H6/c1-2-21-10-12-4-3-5-13(14(12)15(19)20)11-6-8-16(17,18)9-7-11;1-2/h3-5,11H,2,6-10H2,1H3,(H,19,20);1-2H3. The molecule has 5 heteroatoms. The molecule has 130 valence electrons. The average Bonchev–Trinajstić information content (AvgIpc) is 2.54. The summed E-state index contributed by atoms with van der Waals surface area (Å²) in [6, 6.07) is 5.25. The molecule has 0 bridgehead atoms. The molecule has 0 unspecified atom stereocenters. The summed E-state index contributed by atoms with van der Waals surface area (Å²) < 4.78 is 31.8. The molecular formula is C18H26F2O3. The molecule has 1 N–H and O–H groups in total. The van der Waals surface area contributed by atoms with Crippen LogP contribution in [0.5, 0.6) is 0 Å². The lowest BCUT2D eigenvalue weighted by Gasteiger charge is -2.29. The molecule has 0 saturated heterocycles. The zero-order valence-corrected chi connectivity index (χ0v) is 14.1. The van der Waals surface area contributed by atoms with Crippen LogP contribution < -0.4 is 0 Å². The van der Waals surface area contributed by atoms with Crippen molar-refractivity contribution >= 4 is 5.97 Å². The summed E-state index contributed by atoms with van der Waals surface area (Å²) in [5.74, 6) is -3.74. The summed E-state index contributed by atoms with van der Waals surface area (Å²) in [6.07, 6.45) is 0.301. The molecule has 23 heavy (non-hydrogen) atoms. The Balaban J connectivity index is 0.00000127. The van der Waals surface area contributed by atoms with Gasteiger partial charge in [-0.3, -0.25) is 0 Å². The highest BCUT2D eigenvalue weighted by Crippen LogP contribution is 2.42. The fourth-order valence-corrected chi connectivity index (χ4v) is 2.90. The molecule has 0 atom stereocenters. The summed E-state index contributed by atoms with van der Waals surface area (Å²) in [5, 5.41) is 9.48. The van der Waals surface area contributed by atoms with Gasteiger partial charge in [0.2, 0.25) is 5.92 Å². The first-order valence-electron chi connectivity index (χ1n) is 8.25. The first-order valence-corrected chi connectivity index (χ1v) is 8.25. The number of carboxylic acid groups (broad SMARTS) is 1. The minimum absolute atomic E-state index is 0.114. The summed E-state index contributed by atoms with van der Waals surface area (Å²) in [5.41, 5.74) is 1.50. The van der Waals surface area contributed by atoms with Gasteiger partial charge in [-0.2, -0.15) is 0 Å². The molecule has 0 spiro atoms. The van der Waals surface area contributed by atoms with Crippen LogP contribution in [0.4, 0.5) is 8.78 Å². The molecule has 1 saturated carbocycles. The van der Waals surface area contributed by atoms with Crippen LogP contribution in [0.2, 0.25) is 0 Å². The van der Waals surface area contributed by atoms with E-state index in [1.54, 1.807) is 18.2 Å². The minimum Gasteiger partial charge on any atom is -0.478 e. The second-order valence-electron chi connectivity index (χ2n) is 5.45. The van der Waals surface area contributed by atoms with Crippen LogP contribution in [0.25, 0.3) is 0 Å². The lowest BCUT2D eigenvalue weighted by Crippen LogP contribution is -2.24. The summed E-state index contributed by atoms with van der Waals surface area (Å²) in [4.78, 5) is 11.6. The largest absolute Gasteiger partial charge is 0.478 e. The number of carbonyl (C=O) groups is 1. The number of aromatic carboxylic acids is 1. The Labute approximate surface area is 136 Å². The minimum atomic E-state index is -2.61. The third-order valence-electron chi connectivity index (χ3n) is 4.02. The molecule has 1 aliphatic carbocycles. The third kappa shape index (κ3) is 5.27. The van der Waals surface area contributed by atoms with E-state index in [1.807, 2.05) is 20.8 Å². The molecule has 1 aromatic rings. The molecule has 1 aromatic carbocycles. The van der Waals surface area contributed by atoms with Gasteiger partial charge in [0.25, 0.3) is 0 Å². The van der Waals surface area contributed by atoms with Gasteiger partial charge in [0.15, 0.2) is 0 Å². The molecule has 0 amide bonds. The monoisotopic (exact) mass is 328 g/mol. The van der Waals surface area contributed by atoms with Gasteiger partial charge in [0.05, 0.1) is 12.2 Å². The van der Waals surface area contributed by atoms with Crippen LogP contribution in [-0.2, 0) is 11.3 Å². The number of rotatable bonds is 5. The van der Waals surface area contributed by atoms with Crippen molar-refractivity contribution in [3.63, 3.8) is 0 Å². The number of hydrogen-bond donors (Lipinski definition) is 1. The zero-order chi connectivity index (χ0) is 17.5. The number of alkyl halides is 2. The fraction of sp³-hybridized carbons (Fsp3) is 0.611. The first-order chi connectivity index (χ1) is 10.9. The highest BCUT2D eigenvalue weighted by molar-refractivity contribution is 5.91. The molecule has 1 aliphatic rings. The highest BCUT2D eigenvalue weighted by Gasteiger charge is 2.36. The van der Waals surface area contributed by atoms with Crippen LogP contribution in [0.1, 0.15) is 73.9 Å². The highest BCUT2D eigenvalue weighted by atomic mass is 19.3. The number of carboxylic acids is 1. The van der Waals surface area contributed by atoms with Crippen molar-refractivity contribution in [2.45, 2.75) is 64.9 Å². The molecule has 0 aromatic heterocycles. The summed E-state index contributed by atoms with van der Waals surface area (Å²) in [7, 11) is 0. The van der Waals surface area contributed by atoms with Crippen molar-refractivity contribution in [2.75, 3.05) is 6.61 Å². The normalized spacial score (nSPS) is 17.3. The maximum Gasteiger partial charge on any atom is 0.336 e. The molecule has 3 nitrogen and oxygen atoms in total. The van der Waals surface area contributed by atoms with Gasteiger partial charge < -0.3 is 9.84 Å². The van der Waals surface area contributed by atoms with E-state index in [2.05, 4.69) is 0 Å². The van der Waals surface area contributed by atoms with E-state index in [0.29, 0.717) is 30.6 Å². The van der Waals surface area contributed by atoms with Crippen molar-refractivity contribution in [3.05, 3.63) is 34.9 Å². The van der Waals surface area contributed by atoms with Gasteiger partial charge in [-0.1, -0.05) is 32.0 Å². The van der Waals surface area contributed by atoms with E-state index in [-0.39, 0.29) is 30.9 Å². The molecule has 0 heterocycles. The predicted molar refractivity (Wildman–Crippen MR) is 86.2 cm³/mol. The van der Waals surface area contributed by atoms with Crippen LogP contribution >= 0.6 is 0 Å². The zero-order valence-electron chi connectivity index (χ0n) is 14.1. The van der Waals surface area contributed by atoms with E-state index < -0.39 is 11.9 Å². The number of ether oxygens (including phenoxy) is 1. The van der Waals surface area contributed by atoms with Gasteiger partial charge in [-0.15, -0.1) is 0 Å². The van der Waals surface area contributed by atoms with E-state index >= 15 is 0 Å². The first kappa shape index (κ1) is 19.6. The predicted octanol–water partition coefficient (Wildman–Crippen LogP) is 5.24. The molecule has 0 aliphatic heterocycles. The fourth-order valence-electron chi connectivity index (χ4n) is 2.90. The Morgan fingerprint density at radius 1 is 1.30 bits per heavy atom. The Bertz CT molecular complexity index is 505. The van der Waals surface area contributed by atoms with Crippen molar-refractivity contribution in [2.24, 2.45) is 0 Å². The molecular weight excluding hydrogens is 302 g/mol. The van der Waals surface area contributed by atoms with E-state index in [9.17, 15) is 18.7 Å². The van der Waals surface area contributed by atoms with Gasteiger partial charge in [-0.05, 0) is 36.8 Å². The number of hydrogen-bond acceptors (Lipinski definition) is 2. The van der Waals surface area contributed by atoms with Crippen molar-refractivity contribution in [3.8, 4) is 0 Å². The van der Waals surface area contributed by atoms with E-state index in [4.69, 9.17) is 4.74 Å². The van der Waals surface area contributed by atoms with Gasteiger partial charge in [0.1, 0.15) is 0 Å². The Kier molecular flexibility index (Phi) is 7.62. The Morgan fingerprint density at radius 3 is 2.43 bits per heavy atom. The van der Waals surface area contributed by atoms with Crippen molar-refractivity contribution < 1.29 is 23.4 Å². The van der Waals surface area contributed by atoms with Crippen molar-refractivity contribution in [1.82, 2.24) is 0 Å². The van der Waals surface area contributed by atoms with Crippen molar-refractivity contribution in [1.29, 1.82) is 0 Å². The molecule has 1 fully saturated rings. The lowest BCUT2D eigenvalue weighted by molar-refractivity contribution is -0.0382. The number of benzene rings is 1. The quantitative estimate of drug-likeness (QED) is 0.804. The maximum absolute atomic E-state index is 13.3. The van der Waals surface area contributed by atoms with Crippen LogP contribution in [0.15, 0.2) is 18.2 Å². The van der Waals surface area contributed by atoms with Gasteiger partial charge in [0, 0.05) is 19.4 Å². The van der Waals surface area contributed by atoms with Gasteiger partial charge >= 0.3 is 5.97 Å². The smallest absolute Gasteiger partial charge is 0.336 e. The number of halogens is 2. The summed E-state index contributed by atoms with van der Waals surface area (Å²) >= 11 is 0. The van der Waals surface area contributed by atoms with E-state index in [0.717, 1.165) is 0 Å². The Morgan fingerprint density at radius 2 is 1.91 bits per heavy atom. The van der Waals surface area contributed by atoms with Crippen LogP contribution in [0, 0.1) is 0 Å². The third-order valence-corrected chi connectivity index (χ3v) is 4.02.